The van der Waals surface area contributed by atoms with Gasteiger partial charge in [0.1, 0.15) is 5.75 Å². The predicted molar refractivity (Wildman–Crippen MR) is 118 cm³/mol. The molecule has 2 aromatic carbocycles. The summed E-state index contributed by atoms with van der Waals surface area (Å²) in [4.78, 5) is 31.6. The number of hydrogen-bond acceptors (Lipinski definition) is 5. The molecule has 4 rings (SSSR count). The molecule has 0 unspecified atom stereocenters. The van der Waals surface area contributed by atoms with Gasteiger partial charge in [-0.3, -0.25) is 9.59 Å². The average molecular weight is 409 g/mol. The second-order valence-corrected chi connectivity index (χ2v) is 7.93. The maximum Gasteiger partial charge on any atom is 0.229 e. The van der Waals surface area contributed by atoms with Gasteiger partial charge in [-0.25, -0.2) is 0 Å². The van der Waals surface area contributed by atoms with E-state index in [1.54, 1.807) is 12.0 Å². The molecule has 0 aromatic heterocycles. The number of nitrogens with one attached hydrogen (secondary N) is 1. The molecular weight excluding hydrogens is 380 g/mol. The zero-order chi connectivity index (χ0) is 21.1. The van der Waals surface area contributed by atoms with Crippen LogP contribution in [0, 0.1) is 5.92 Å². The van der Waals surface area contributed by atoms with E-state index in [4.69, 9.17) is 4.74 Å². The molecular formula is C23H28N4O3. The van der Waals surface area contributed by atoms with Crippen molar-refractivity contribution in [2.24, 2.45) is 5.92 Å². The van der Waals surface area contributed by atoms with Crippen LogP contribution in [0.5, 0.6) is 5.75 Å². The topological polar surface area (TPSA) is 65.1 Å². The van der Waals surface area contributed by atoms with Crippen LogP contribution in [0.4, 0.5) is 17.1 Å². The van der Waals surface area contributed by atoms with E-state index in [9.17, 15) is 9.59 Å². The van der Waals surface area contributed by atoms with Crippen molar-refractivity contribution in [3.63, 3.8) is 0 Å². The predicted octanol–water partition coefficient (Wildman–Crippen LogP) is 2.44. The standard InChI is InChI=1S/C23H28N4O3/c1-25-10-12-26(13-11-25)19-8-6-18(7-9-19)24-23(29)17-14-22(28)27(16-17)20-4-3-5-21(15-20)30-2/h3-9,15,17H,10-14,16H2,1-2H3,(H,24,29)/t17-/m1/s1. The molecule has 158 valence electrons. The Morgan fingerprint density at radius 3 is 2.47 bits per heavy atom. The monoisotopic (exact) mass is 408 g/mol. The van der Waals surface area contributed by atoms with Crippen molar-refractivity contribution in [1.82, 2.24) is 4.90 Å². The van der Waals surface area contributed by atoms with Crippen LogP contribution in [0.15, 0.2) is 48.5 Å². The highest BCUT2D eigenvalue weighted by Gasteiger charge is 2.35. The third kappa shape index (κ3) is 4.41. The highest BCUT2D eigenvalue weighted by Crippen LogP contribution is 2.29. The van der Waals surface area contributed by atoms with Gasteiger partial charge in [-0.15, -0.1) is 0 Å². The Morgan fingerprint density at radius 2 is 1.77 bits per heavy atom. The van der Waals surface area contributed by atoms with E-state index in [-0.39, 0.29) is 24.2 Å². The van der Waals surface area contributed by atoms with Crippen molar-refractivity contribution >= 4 is 28.9 Å². The summed E-state index contributed by atoms with van der Waals surface area (Å²) in [6, 6.07) is 15.3. The van der Waals surface area contributed by atoms with Crippen molar-refractivity contribution in [3.8, 4) is 5.75 Å². The Labute approximate surface area is 177 Å². The van der Waals surface area contributed by atoms with Gasteiger partial charge in [-0.2, -0.15) is 0 Å². The van der Waals surface area contributed by atoms with Crippen LogP contribution in [0.25, 0.3) is 0 Å². The lowest BCUT2D eigenvalue weighted by Gasteiger charge is -2.34. The van der Waals surface area contributed by atoms with Gasteiger partial charge in [0, 0.05) is 62.3 Å². The van der Waals surface area contributed by atoms with Gasteiger partial charge in [-0.1, -0.05) is 6.07 Å². The van der Waals surface area contributed by atoms with Gasteiger partial charge in [-0.05, 0) is 43.4 Å². The molecule has 2 aliphatic rings. The van der Waals surface area contributed by atoms with E-state index in [0.717, 1.165) is 37.6 Å². The third-order valence-corrected chi connectivity index (χ3v) is 5.86. The first kappa shape index (κ1) is 20.2. The molecule has 0 aliphatic carbocycles. The summed E-state index contributed by atoms with van der Waals surface area (Å²) in [5.74, 6) is 0.143. The molecule has 2 heterocycles. The van der Waals surface area contributed by atoms with Gasteiger partial charge < -0.3 is 24.8 Å². The lowest BCUT2D eigenvalue weighted by atomic mass is 10.1. The van der Waals surface area contributed by atoms with Crippen LogP contribution in [0.1, 0.15) is 6.42 Å². The van der Waals surface area contributed by atoms with E-state index in [1.165, 1.54) is 5.69 Å². The Balaban J connectivity index is 1.36. The fourth-order valence-corrected chi connectivity index (χ4v) is 3.98. The summed E-state index contributed by atoms with van der Waals surface area (Å²) in [6.07, 6.45) is 0.211. The van der Waals surface area contributed by atoms with Crippen molar-refractivity contribution in [1.29, 1.82) is 0 Å². The summed E-state index contributed by atoms with van der Waals surface area (Å²) < 4.78 is 5.24. The molecule has 0 radical (unpaired) electrons. The van der Waals surface area contributed by atoms with E-state index in [0.29, 0.717) is 12.3 Å². The fourth-order valence-electron chi connectivity index (χ4n) is 3.98. The van der Waals surface area contributed by atoms with Gasteiger partial charge in [0.05, 0.1) is 13.0 Å². The quantitative estimate of drug-likeness (QED) is 0.823. The van der Waals surface area contributed by atoms with Gasteiger partial charge in [0.2, 0.25) is 11.8 Å². The van der Waals surface area contributed by atoms with Crippen LogP contribution in [0.3, 0.4) is 0 Å². The van der Waals surface area contributed by atoms with Gasteiger partial charge in [0.25, 0.3) is 0 Å². The number of anilines is 3. The Bertz CT molecular complexity index is 907. The zero-order valence-corrected chi connectivity index (χ0v) is 17.5. The van der Waals surface area contributed by atoms with Gasteiger partial charge >= 0.3 is 0 Å². The van der Waals surface area contributed by atoms with E-state index >= 15 is 0 Å². The first-order valence-electron chi connectivity index (χ1n) is 10.3. The number of likely N-dealkylation sites (N-methyl/N-ethyl adjacent to an activating group) is 1. The van der Waals surface area contributed by atoms with E-state index in [1.807, 2.05) is 48.5 Å². The summed E-state index contributed by atoms with van der Waals surface area (Å²) in [5, 5.41) is 2.97. The fraction of sp³-hybridized carbons (Fsp3) is 0.391. The average Bonchev–Trinajstić information content (AvgIpc) is 3.17. The highest BCUT2D eigenvalue weighted by atomic mass is 16.5. The van der Waals surface area contributed by atoms with Crippen molar-refractivity contribution in [3.05, 3.63) is 48.5 Å². The van der Waals surface area contributed by atoms with Crippen molar-refractivity contribution < 1.29 is 14.3 Å². The minimum absolute atomic E-state index is 0.0474. The third-order valence-electron chi connectivity index (χ3n) is 5.86. The smallest absolute Gasteiger partial charge is 0.229 e. The number of nitrogens with zero attached hydrogens (tertiary/aromatic N) is 3. The molecule has 1 atom stereocenters. The Kier molecular flexibility index (Phi) is 5.90. The molecule has 30 heavy (non-hydrogen) atoms. The van der Waals surface area contributed by atoms with E-state index in [2.05, 4.69) is 22.2 Å². The SMILES string of the molecule is COc1cccc(N2C[C@H](C(=O)Nc3ccc(N4CCN(C)CC4)cc3)CC2=O)c1. The summed E-state index contributed by atoms with van der Waals surface area (Å²) >= 11 is 0. The second kappa shape index (κ2) is 8.75. The van der Waals surface area contributed by atoms with Crippen LogP contribution in [-0.2, 0) is 9.59 Å². The molecule has 2 fully saturated rings. The first-order valence-corrected chi connectivity index (χ1v) is 10.3. The lowest BCUT2D eigenvalue weighted by Crippen LogP contribution is -2.44. The maximum atomic E-state index is 12.8. The molecule has 0 bridgehead atoms. The minimum atomic E-state index is -0.374. The minimum Gasteiger partial charge on any atom is -0.497 e. The number of amides is 2. The molecule has 2 aliphatic heterocycles. The molecule has 0 saturated carbocycles. The lowest BCUT2D eigenvalue weighted by molar-refractivity contribution is -0.122. The number of ether oxygens (including phenoxy) is 1. The van der Waals surface area contributed by atoms with Crippen LogP contribution in [-0.4, -0.2) is 63.6 Å². The number of piperazine rings is 1. The largest absolute Gasteiger partial charge is 0.497 e. The zero-order valence-electron chi connectivity index (χ0n) is 17.5. The Morgan fingerprint density at radius 1 is 1.03 bits per heavy atom. The van der Waals surface area contributed by atoms with Crippen molar-refractivity contribution in [2.75, 3.05) is 62.0 Å². The second-order valence-electron chi connectivity index (χ2n) is 7.93. The highest BCUT2D eigenvalue weighted by molar-refractivity contribution is 6.03. The maximum absolute atomic E-state index is 12.8. The first-order chi connectivity index (χ1) is 14.5. The van der Waals surface area contributed by atoms with Crippen LogP contribution < -0.4 is 19.9 Å². The number of methoxy groups -OCH3 is 1. The van der Waals surface area contributed by atoms with Crippen LogP contribution >= 0.6 is 0 Å². The molecule has 2 amide bonds. The number of hydrogen-bond donors (Lipinski definition) is 1. The number of carbonyl (C=O) groups is 2. The number of rotatable bonds is 5. The number of carbonyl (C=O) groups excluding carboxylic acids is 2. The van der Waals surface area contributed by atoms with Crippen molar-refractivity contribution in [2.45, 2.75) is 6.42 Å². The molecule has 7 heteroatoms. The van der Waals surface area contributed by atoms with Crippen LogP contribution in [0.2, 0.25) is 0 Å². The molecule has 1 N–H and O–H groups in total. The summed E-state index contributed by atoms with van der Waals surface area (Å²) in [6.45, 7) is 4.49. The van der Waals surface area contributed by atoms with Gasteiger partial charge in [0.15, 0.2) is 0 Å². The molecule has 7 nitrogen and oxygen atoms in total. The molecule has 2 saturated heterocycles. The number of benzene rings is 2. The normalized spacial score (nSPS) is 19.8. The van der Waals surface area contributed by atoms with E-state index < -0.39 is 0 Å². The Hall–Kier alpha value is -3.06. The summed E-state index contributed by atoms with van der Waals surface area (Å²) in [7, 11) is 3.73. The molecule has 0 spiro atoms. The molecule has 2 aromatic rings. The summed E-state index contributed by atoms with van der Waals surface area (Å²) in [5.41, 5.74) is 2.68.